The lowest BCUT2D eigenvalue weighted by atomic mass is 10.0. The van der Waals surface area contributed by atoms with Crippen molar-refractivity contribution in [1.82, 2.24) is 5.16 Å². The van der Waals surface area contributed by atoms with E-state index in [1.54, 1.807) is 7.11 Å². The third-order valence-corrected chi connectivity index (χ3v) is 4.45. The van der Waals surface area contributed by atoms with Crippen LogP contribution in [0.1, 0.15) is 30.7 Å². The summed E-state index contributed by atoms with van der Waals surface area (Å²) in [5.74, 6) is 0.816. The summed E-state index contributed by atoms with van der Waals surface area (Å²) in [5, 5.41) is 7.53. The second-order valence-electron chi connectivity index (χ2n) is 6.01. The zero-order valence-electron chi connectivity index (χ0n) is 13.3. The van der Waals surface area contributed by atoms with Crippen LogP contribution < -0.4 is 11.1 Å². The van der Waals surface area contributed by atoms with Crippen molar-refractivity contribution in [2.45, 2.75) is 45.3 Å². The van der Waals surface area contributed by atoms with Crippen LogP contribution in [-0.4, -0.2) is 24.4 Å². The fourth-order valence-electron chi connectivity index (χ4n) is 3.25. The second kappa shape index (κ2) is 6.01. The standard InChI is InChI=1S/C17H23N3O2/c1-10-17(11(2)22-20-10)12-4-7-16(15(18)8-12)19-13-5-6-14(9-13)21-3/h4,7-8,13-14,19H,5-6,9,18H2,1-3H3/t13-,14-/m1/s1. The zero-order chi connectivity index (χ0) is 15.7. The van der Waals surface area contributed by atoms with Crippen molar-refractivity contribution in [2.75, 3.05) is 18.2 Å². The first-order chi connectivity index (χ1) is 10.6. The van der Waals surface area contributed by atoms with Gasteiger partial charge in [-0.2, -0.15) is 0 Å². The summed E-state index contributed by atoms with van der Waals surface area (Å²) < 4.78 is 10.6. The average Bonchev–Trinajstić information content (AvgIpc) is 3.08. The molecule has 1 aromatic carbocycles. The topological polar surface area (TPSA) is 73.3 Å². The highest BCUT2D eigenvalue weighted by atomic mass is 16.5. The number of aromatic nitrogens is 1. The molecule has 0 aliphatic heterocycles. The highest BCUT2D eigenvalue weighted by molar-refractivity contribution is 5.77. The molecule has 1 aliphatic carbocycles. The molecule has 5 nitrogen and oxygen atoms in total. The smallest absolute Gasteiger partial charge is 0.141 e. The third-order valence-electron chi connectivity index (χ3n) is 4.45. The van der Waals surface area contributed by atoms with E-state index < -0.39 is 0 Å². The van der Waals surface area contributed by atoms with Gasteiger partial charge in [0.25, 0.3) is 0 Å². The van der Waals surface area contributed by atoms with Crippen LogP contribution in [0.2, 0.25) is 0 Å². The van der Waals surface area contributed by atoms with E-state index in [9.17, 15) is 0 Å². The predicted molar refractivity (Wildman–Crippen MR) is 87.9 cm³/mol. The highest BCUT2D eigenvalue weighted by Crippen LogP contribution is 2.33. The van der Waals surface area contributed by atoms with Crippen molar-refractivity contribution in [3.8, 4) is 11.1 Å². The van der Waals surface area contributed by atoms with Crippen LogP contribution in [0.3, 0.4) is 0 Å². The van der Waals surface area contributed by atoms with Gasteiger partial charge in [0.05, 0.1) is 23.2 Å². The van der Waals surface area contributed by atoms with Crippen molar-refractivity contribution >= 4 is 11.4 Å². The van der Waals surface area contributed by atoms with E-state index >= 15 is 0 Å². The van der Waals surface area contributed by atoms with Gasteiger partial charge in [0.15, 0.2) is 0 Å². The maximum Gasteiger partial charge on any atom is 0.141 e. The van der Waals surface area contributed by atoms with Gasteiger partial charge < -0.3 is 20.3 Å². The Balaban J connectivity index is 1.78. The van der Waals surface area contributed by atoms with E-state index in [0.717, 1.165) is 53.2 Å². The van der Waals surface area contributed by atoms with Crippen molar-refractivity contribution in [3.63, 3.8) is 0 Å². The molecule has 5 heteroatoms. The molecule has 0 amide bonds. The number of benzene rings is 1. The SMILES string of the molecule is CO[C@@H]1CC[C@@H](Nc2ccc(-c3c(C)noc3C)cc2N)C1. The molecule has 0 unspecified atom stereocenters. The van der Waals surface area contributed by atoms with Gasteiger partial charge >= 0.3 is 0 Å². The van der Waals surface area contributed by atoms with Crippen LogP contribution in [0, 0.1) is 13.8 Å². The number of aryl methyl sites for hydroxylation is 2. The summed E-state index contributed by atoms with van der Waals surface area (Å²) in [5.41, 5.74) is 10.9. The summed E-state index contributed by atoms with van der Waals surface area (Å²) >= 11 is 0. The van der Waals surface area contributed by atoms with E-state index in [0.29, 0.717) is 12.1 Å². The Hall–Kier alpha value is -2.01. The molecule has 1 heterocycles. The van der Waals surface area contributed by atoms with Gasteiger partial charge in [-0.25, -0.2) is 0 Å². The molecule has 0 radical (unpaired) electrons. The third kappa shape index (κ3) is 2.81. The van der Waals surface area contributed by atoms with Gasteiger partial charge in [-0.05, 0) is 50.8 Å². The van der Waals surface area contributed by atoms with E-state index in [-0.39, 0.29) is 0 Å². The Labute approximate surface area is 130 Å². The largest absolute Gasteiger partial charge is 0.397 e. The Bertz CT molecular complexity index is 646. The number of rotatable bonds is 4. The molecule has 0 saturated heterocycles. The predicted octanol–water partition coefficient (Wildman–Crippen LogP) is 3.52. The number of nitrogens with one attached hydrogen (secondary N) is 1. The first kappa shape index (κ1) is 14.9. The number of ether oxygens (including phenoxy) is 1. The molecule has 0 bridgehead atoms. The molecule has 1 saturated carbocycles. The first-order valence-electron chi connectivity index (χ1n) is 7.70. The number of hydrogen-bond donors (Lipinski definition) is 2. The van der Waals surface area contributed by atoms with Crippen LogP contribution >= 0.6 is 0 Å². The molecular weight excluding hydrogens is 278 g/mol. The highest BCUT2D eigenvalue weighted by Gasteiger charge is 2.24. The van der Waals surface area contributed by atoms with Crippen LogP contribution in [0.4, 0.5) is 11.4 Å². The van der Waals surface area contributed by atoms with Gasteiger partial charge in [-0.1, -0.05) is 11.2 Å². The molecule has 118 valence electrons. The van der Waals surface area contributed by atoms with Crippen molar-refractivity contribution in [1.29, 1.82) is 0 Å². The summed E-state index contributed by atoms with van der Waals surface area (Å²) in [6.45, 7) is 3.86. The maximum atomic E-state index is 6.23. The molecule has 2 aromatic rings. The lowest BCUT2D eigenvalue weighted by molar-refractivity contribution is 0.108. The number of anilines is 2. The number of hydrogen-bond acceptors (Lipinski definition) is 5. The summed E-state index contributed by atoms with van der Waals surface area (Å²) in [4.78, 5) is 0. The summed E-state index contributed by atoms with van der Waals surface area (Å²) in [7, 11) is 1.78. The van der Waals surface area contributed by atoms with Crippen molar-refractivity contribution in [2.24, 2.45) is 0 Å². The van der Waals surface area contributed by atoms with Crippen LogP contribution in [0.15, 0.2) is 22.7 Å². The fraction of sp³-hybridized carbons (Fsp3) is 0.471. The van der Waals surface area contributed by atoms with Crippen molar-refractivity contribution in [3.05, 3.63) is 29.7 Å². The molecule has 1 fully saturated rings. The van der Waals surface area contributed by atoms with Gasteiger partial charge in [0.2, 0.25) is 0 Å². The minimum absolute atomic E-state index is 0.361. The molecule has 0 spiro atoms. The van der Waals surface area contributed by atoms with Gasteiger partial charge in [0, 0.05) is 18.7 Å². The monoisotopic (exact) mass is 301 g/mol. The molecule has 22 heavy (non-hydrogen) atoms. The Morgan fingerprint density at radius 2 is 2.14 bits per heavy atom. The maximum absolute atomic E-state index is 6.23. The van der Waals surface area contributed by atoms with Crippen LogP contribution in [-0.2, 0) is 4.74 Å². The molecule has 3 rings (SSSR count). The van der Waals surface area contributed by atoms with Gasteiger partial charge in [0.1, 0.15) is 5.76 Å². The summed E-state index contributed by atoms with van der Waals surface area (Å²) in [6, 6.07) is 6.51. The Kier molecular flexibility index (Phi) is 4.07. The Morgan fingerprint density at radius 3 is 2.73 bits per heavy atom. The quantitative estimate of drug-likeness (QED) is 0.845. The molecular formula is C17H23N3O2. The zero-order valence-corrected chi connectivity index (χ0v) is 13.3. The molecule has 1 aromatic heterocycles. The minimum atomic E-state index is 0.361. The van der Waals surface area contributed by atoms with Crippen LogP contribution in [0.5, 0.6) is 0 Å². The van der Waals surface area contributed by atoms with Gasteiger partial charge in [-0.3, -0.25) is 0 Å². The molecule has 1 aliphatic rings. The number of nitrogens with zero attached hydrogens (tertiary/aromatic N) is 1. The number of nitrogens with two attached hydrogens (primary N) is 1. The van der Waals surface area contributed by atoms with Gasteiger partial charge in [-0.15, -0.1) is 0 Å². The van der Waals surface area contributed by atoms with E-state index in [4.69, 9.17) is 15.0 Å². The van der Waals surface area contributed by atoms with Crippen molar-refractivity contribution < 1.29 is 9.26 Å². The van der Waals surface area contributed by atoms with E-state index in [2.05, 4.69) is 16.5 Å². The normalized spacial score (nSPS) is 21.2. The molecule has 3 N–H and O–H groups in total. The lowest BCUT2D eigenvalue weighted by Gasteiger charge is -2.17. The van der Waals surface area contributed by atoms with E-state index in [1.807, 2.05) is 26.0 Å². The number of nitrogen functional groups attached to an aromatic ring is 1. The number of methoxy groups -OCH3 is 1. The lowest BCUT2D eigenvalue weighted by Crippen LogP contribution is -2.18. The second-order valence-corrected chi connectivity index (χ2v) is 6.01. The first-order valence-corrected chi connectivity index (χ1v) is 7.70. The molecule has 2 atom stereocenters. The summed E-state index contributed by atoms with van der Waals surface area (Å²) in [6.07, 6.45) is 3.61. The Morgan fingerprint density at radius 1 is 1.32 bits per heavy atom. The van der Waals surface area contributed by atoms with Crippen LogP contribution in [0.25, 0.3) is 11.1 Å². The average molecular weight is 301 g/mol. The van der Waals surface area contributed by atoms with E-state index in [1.165, 1.54) is 0 Å². The minimum Gasteiger partial charge on any atom is -0.397 e. The fourth-order valence-corrected chi connectivity index (χ4v) is 3.25.